The van der Waals surface area contributed by atoms with E-state index in [1.165, 1.54) is 37.7 Å². The molecule has 0 aromatic heterocycles. The summed E-state index contributed by atoms with van der Waals surface area (Å²) in [6.07, 6.45) is 6.59. The highest BCUT2D eigenvalue weighted by molar-refractivity contribution is 9.10. The Morgan fingerprint density at radius 2 is 1.73 bits per heavy atom. The number of hydrogen-bond donors (Lipinski definition) is 0. The lowest BCUT2D eigenvalue weighted by atomic mass is 10.1. The van der Waals surface area contributed by atoms with E-state index in [4.69, 9.17) is 0 Å². The number of rotatable bonds is 6. The first kappa shape index (κ1) is 13.2. The van der Waals surface area contributed by atoms with Gasteiger partial charge in [0, 0.05) is 9.30 Å². The molecule has 0 saturated heterocycles. The second-order valence-electron chi connectivity index (χ2n) is 3.87. The maximum Gasteiger partial charge on any atom is 0.0395 e. The molecule has 0 radical (unpaired) electrons. The Labute approximate surface area is 110 Å². The molecule has 0 aliphatic rings. The predicted molar refractivity (Wildman–Crippen MR) is 74.6 cm³/mol. The van der Waals surface area contributed by atoms with Crippen molar-refractivity contribution in [2.45, 2.75) is 43.9 Å². The molecule has 2 heteroatoms. The maximum atomic E-state index is 3.75. The van der Waals surface area contributed by atoms with Crippen molar-refractivity contribution in [1.82, 2.24) is 0 Å². The van der Waals surface area contributed by atoms with Gasteiger partial charge in [0.25, 0.3) is 0 Å². The maximum absolute atomic E-state index is 3.75. The Balaban J connectivity index is 2.33. The first-order chi connectivity index (χ1) is 7.24. The van der Waals surface area contributed by atoms with Crippen LogP contribution >= 0.6 is 31.9 Å². The van der Waals surface area contributed by atoms with Gasteiger partial charge in [-0.25, -0.2) is 0 Å². The minimum absolute atomic E-state index is 0.516. The van der Waals surface area contributed by atoms with E-state index in [9.17, 15) is 0 Å². The van der Waals surface area contributed by atoms with Crippen molar-refractivity contribution in [2.75, 3.05) is 0 Å². The molecule has 0 N–H and O–H groups in total. The van der Waals surface area contributed by atoms with Crippen LogP contribution in [0.3, 0.4) is 0 Å². The largest absolute Gasteiger partial charge is 0.0839 e. The lowest BCUT2D eigenvalue weighted by molar-refractivity contribution is 0.630. The van der Waals surface area contributed by atoms with Gasteiger partial charge < -0.3 is 0 Å². The van der Waals surface area contributed by atoms with Crippen molar-refractivity contribution < 1.29 is 0 Å². The molecule has 1 rings (SSSR count). The summed E-state index contributed by atoms with van der Waals surface area (Å²) in [5.41, 5.74) is 1.38. The highest BCUT2D eigenvalue weighted by atomic mass is 79.9. The molecule has 0 spiro atoms. The van der Waals surface area contributed by atoms with E-state index in [1.807, 2.05) is 0 Å². The van der Waals surface area contributed by atoms with Gasteiger partial charge in [0.15, 0.2) is 0 Å². The van der Waals surface area contributed by atoms with E-state index in [0.717, 1.165) is 4.47 Å². The van der Waals surface area contributed by atoms with Gasteiger partial charge in [-0.05, 0) is 24.1 Å². The number of benzene rings is 1. The fraction of sp³-hybridized carbons (Fsp3) is 0.538. The van der Waals surface area contributed by atoms with Crippen molar-refractivity contribution >= 4 is 31.9 Å². The SMILES string of the molecule is CCCCCCC(Br)c1ccc(Br)cc1. The quantitative estimate of drug-likeness (QED) is 0.452. The molecule has 0 amide bonds. The first-order valence-corrected chi connectivity index (χ1v) is 7.34. The minimum Gasteiger partial charge on any atom is -0.0839 e. The average Bonchev–Trinajstić information content (AvgIpc) is 2.25. The molecule has 0 heterocycles. The molecule has 1 aromatic carbocycles. The third kappa shape index (κ3) is 5.17. The van der Waals surface area contributed by atoms with Crippen molar-refractivity contribution in [1.29, 1.82) is 0 Å². The fourth-order valence-corrected chi connectivity index (χ4v) is 2.48. The molecule has 0 fully saturated rings. The molecule has 1 aromatic rings. The van der Waals surface area contributed by atoms with Crippen LogP contribution in [0.4, 0.5) is 0 Å². The van der Waals surface area contributed by atoms with Crippen molar-refractivity contribution in [3.05, 3.63) is 34.3 Å². The monoisotopic (exact) mass is 332 g/mol. The first-order valence-electron chi connectivity index (χ1n) is 5.63. The number of halogens is 2. The smallest absolute Gasteiger partial charge is 0.0395 e. The highest BCUT2D eigenvalue weighted by Crippen LogP contribution is 2.29. The van der Waals surface area contributed by atoms with E-state index in [2.05, 4.69) is 63.0 Å². The van der Waals surface area contributed by atoms with Crippen molar-refractivity contribution in [3.63, 3.8) is 0 Å². The normalized spacial score (nSPS) is 12.7. The molecule has 0 nitrogen and oxygen atoms in total. The Bertz CT molecular complexity index is 266. The molecule has 15 heavy (non-hydrogen) atoms. The second-order valence-corrected chi connectivity index (χ2v) is 5.89. The van der Waals surface area contributed by atoms with Gasteiger partial charge in [0.2, 0.25) is 0 Å². The predicted octanol–water partition coefficient (Wildman–Crippen LogP) is 5.86. The molecule has 0 saturated carbocycles. The highest BCUT2D eigenvalue weighted by Gasteiger charge is 2.06. The topological polar surface area (TPSA) is 0 Å². The molecule has 0 bridgehead atoms. The van der Waals surface area contributed by atoms with Crippen molar-refractivity contribution in [3.8, 4) is 0 Å². The zero-order valence-electron chi connectivity index (χ0n) is 9.18. The van der Waals surface area contributed by atoms with Gasteiger partial charge in [-0.2, -0.15) is 0 Å². The average molecular weight is 334 g/mol. The summed E-state index contributed by atoms with van der Waals surface area (Å²) in [4.78, 5) is 0.516. The fourth-order valence-electron chi connectivity index (χ4n) is 1.59. The van der Waals surface area contributed by atoms with Crippen LogP contribution in [0.25, 0.3) is 0 Å². The summed E-state index contributed by atoms with van der Waals surface area (Å²) in [5, 5.41) is 0. The standard InChI is InChI=1S/C13H18Br2/c1-2-3-4-5-6-13(15)11-7-9-12(14)10-8-11/h7-10,13H,2-6H2,1H3. The van der Waals surface area contributed by atoms with E-state index in [0.29, 0.717) is 4.83 Å². The summed E-state index contributed by atoms with van der Waals surface area (Å²) in [6.45, 7) is 2.25. The number of alkyl halides is 1. The van der Waals surface area contributed by atoms with Gasteiger partial charge in [-0.3, -0.25) is 0 Å². The second kappa shape index (κ2) is 7.45. The number of unbranched alkanes of at least 4 members (excludes halogenated alkanes) is 3. The van der Waals surface area contributed by atoms with Crippen LogP contribution in [0.2, 0.25) is 0 Å². The van der Waals surface area contributed by atoms with E-state index in [-0.39, 0.29) is 0 Å². The third-order valence-electron chi connectivity index (χ3n) is 2.54. The van der Waals surface area contributed by atoms with Gasteiger partial charge in [0.05, 0.1) is 0 Å². The van der Waals surface area contributed by atoms with E-state index in [1.54, 1.807) is 0 Å². The molecule has 84 valence electrons. The molecular formula is C13H18Br2. The molecule has 1 unspecified atom stereocenters. The van der Waals surface area contributed by atoms with E-state index >= 15 is 0 Å². The third-order valence-corrected chi connectivity index (χ3v) is 4.06. The Morgan fingerprint density at radius 1 is 1.07 bits per heavy atom. The summed E-state index contributed by atoms with van der Waals surface area (Å²) in [6, 6.07) is 8.58. The van der Waals surface area contributed by atoms with Crippen LogP contribution in [0.5, 0.6) is 0 Å². The van der Waals surface area contributed by atoms with Gasteiger partial charge >= 0.3 is 0 Å². The Hall–Kier alpha value is 0.180. The van der Waals surface area contributed by atoms with Crippen LogP contribution in [0.15, 0.2) is 28.7 Å². The van der Waals surface area contributed by atoms with Crippen LogP contribution in [-0.2, 0) is 0 Å². The lowest BCUT2D eigenvalue weighted by Crippen LogP contribution is -1.90. The van der Waals surface area contributed by atoms with E-state index < -0.39 is 0 Å². The molecular weight excluding hydrogens is 316 g/mol. The minimum atomic E-state index is 0.516. The lowest BCUT2D eigenvalue weighted by Gasteiger charge is -2.09. The van der Waals surface area contributed by atoms with Crippen LogP contribution in [0.1, 0.15) is 49.4 Å². The Morgan fingerprint density at radius 3 is 2.33 bits per heavy atom. The van der Waals surface area contributed by atoms with Crippen LogP contribution in [-0.4, -0.2) is 0 Å². The Kier molecular flexibility index (Phi) is 6.58. The summed E-state index contributed by atoms with van der Waals surface area (Å²) in [5.74, 6) is 0. The molecule has 0 aliphatic carbocycles. The van der Waals surface area contributed by atoms with Crippen LogP contribution in [0, 0.1) is 0 Å². The zero-order chi connectivity index (χ0) is 11.1. The van der Waals surface area contributed by atoms with Crippen molar-refractivity contribution in [2.24, 2.45) is 0 Å². The summed E-state index contributed by atoms with van der Waals surface area (Å²) in [7, 11) is 0. The van der Waals surface area contributed by atoms with Gasteiger partial charge in [0.1, 0.15) is 0 Å². The van der Waals surface area contributed by atoms with Gasteiger partial charge in [-0.15, -0.1) is 0 Å². The summed E-state index contributed by atoms with van der Waals surface area (Å²) >= 11 is 7.20. The van der Waals surface area contributed by atoms with Crippen LogP contribution < -0.4 is 0 Å². The summed E-state index contributed by atoms with van der Waals surface area (Å²) < 4.78 is 1.15. The number of hydrogen-bond acceptors (Lipinski definition) is 0. The zero-order valence-corrected chi connectivity index (χ0v) is 12.4. The molecule has 1 atom stereocenters. The molecule has 0 aliphatic heterocycles. The van der Waals surface area contributed by atoms with Gasteiger partial charge in [-0.1, -0.05) is 76.6 Å².